The first-order valence-corrected chi connectivity index (χ1v) is 11.7. The van der Waals surface area contributed by atoms with Crippen LogP contribution in [0.25, 0.3) is 10.2 Å². The number of nitrogens with one attached hydrogen (secondary N) is 1. The molecule has 1 atom stereocenters. The molecule has 1 aromatic carbocycles. The highest BCUT2D eigenvalue weighted by Gasteiger charge is 2.25. The summed E-state index contributed by atoms with van der Waals surface area (Å²) in [4.78, 5) is 35.3. The first kappa shape index (κ1) is 21.7. The molecule has 1 aliphatic carbocycles. The highest BCUT2D eigenvalue weighted by molar-refractivity contribution is 7.18. The number of rotatable bonds is 6. The number of hydrogen-bond donors (Lipinski definition) is 1. The lowest BCUT2D eigenvalue weighted by Gasteiger charge is -2.18. The molecule has 0 aliphatic heterocycles. The Morgan fingerprint density at radius 3 is 2.71 bits per heavy atom. The molecule has 0 fully saturated rings. The minimum atomic E-state index is -0.217. The highest BCUT2D eigenvalue weighted by atomic mass is 32.1. The largest absolute Gasteiger partial charge is 0.325 e. The minimum absolute atomic E-state index is 0.0402. The van der Waals surface area contributed by atoms with Gasteiger partial charge in [-0.1, -0.05) is 26.0 Å². The Bertz CT molecular complexity index is 1160. The Morgan fingerprint density at radius 2 is 2.03 bits per heavy atom. The number of aromatic nitrogens is 2. The Hall–Kier alpha value is -2.51. The van der Waals surface area contributed by atoms with E-state index in [1.54, 1.807) is 15.9 Å². The molecule has 0 saturated carbocycles. The maximum Gasteiger partial charge on any atom is 0.263 e. The lowest BCUT2D eigenvalue weighted by Crippen LogP contribution is -2.33. The van der Waals surface area contributed by atoms with Gasteiger partial charge in [-0.15, -0.1) is 11.3 Å². The highest BCUT2D eigenvalue weighted by Crippen LogP contribution is 2.35. The number of thiophene rings is 1. The number of hydrogen-bond acceptors (Lipinski definition) is 5. The summed E-state index contributed by atoms with van der Waals surface area (Å²) in [5.41, 5.74) is 3.01. The molecule has 3 aromatic rings. The van der Waals surface area contributed by atoms with Gasteiger partial charge in [0.05, 0.1) is 11.9 Å². The van der Waals surface area contributed by atoms with Gasteiger partial charge in [0.15, 0.2) is 0 Å². The number of benzene rings is 1. The molecule has 164 valence electrons. The average molecular weight is 439 g/mol. The molecule has 1 aliphatic rings. The molecule has 7 heteroatoms. The van der Waals surface area contributed by atoms with Crippen LogP contribution in [0.15, 0.2) is 29.1 Å². The van der Waals surface area contributed by atoms with Crippen LogP contribution in [0.3, 0.4) is 0 Å². The zero-order valence-electron chi connectivity index (χ0n) is 18.7. The standard InChI is InChI=1S/C24H30N4O2S/c1-5-16-7-9-17(10-8-16)25-21(29)14-28-20(13-27(3)4)26-23-22(24(28)30)18-11-6-15(2)12-19(18)31-23/h7-10,15H,5-6,11-14H2,1-4H3,(H,25,29). The zero-order chi connectivity index (χ0) is 22.1. The fourth-order valence-corrected chi connectivity index (χ4v) is 5.59. The SMILES string of the molecule is CCc1ccc(NC(=O)Cn2c(CN(C)C)nc3sc4c(c3c2=O)CCC(C)C4)cc1. The van der Waals surface area contributed by atoms with Crippen LogP contribution in [0.1, 0.15) is 42.1 Å². The lowest BCUT2D eigenvalue weighted by atomic mass is 9.89. The third-order valence-electron chi connectivity index (χ3n) is 5.90. The van der Waals surface area contributed by atoms with E-state index in [4.69, 9.17) is 4.98 Å². The second kappa shape index (κ2) is 8.93. The lowest BCUT2D eigenvalue weighted by molar-refractivity contribution is -0.116. The topological polar surface area (TPSA) is 67.2 Å². The molecule has 0 spiro atoms. The van der Waals surface area contributed by atoms with E-state index in [9.17, 15) is 9.59 Å². The molecule has 2 heterocycles. The second-order valence-corrected chi connectivity index (χ2v) is 9.87. The van der Waals surface area contributed by atoms with Crippen LogP contribution >= 0.6 is 11.3 Å². The van der Waals surface area contributed by atoms with E-state index < -0.39 is 0 Å². The summed E-state index contributed by atoms with van der Waals surface area (Å²) in [5.74, 6) is 1.05. The number of nitrogens with zero attached hydrogens (tertiary/aromatic N) is 3. The van der Waals surface area contributed by atoms with E-state index in [0.717, 1.165) is 47.2 Å². The molecule has 0 saturated heterocycles. The predicted octanol–water partition coefficient (Wildman–Crippen LogP) is 3.85. The summed E-state index contributed by atoms with van der Waals surface area (Å²) in [6.45, 7) is 4.82. The van der Waals surface area contributed by atoms with Gasteiger partial charge in [-0.25, -0.2) is 4.98 Å². The Balaban J connectivity index is 1.69. The molecular formula is C24H30N4O2S. The third-order valence-corrected chi connectivity index (χ3v) is 7.05. The Morgan fingerprint density at radius 1 is 1.29 bits per heavy atom. The normalized spacial score (nSPS) is 16.0. The van der Waals surface area contributed by atoms with Crippen molar-refractivity contribution in [3.63, 3.8) is 0 Å². The molecule has 4 rings (SSSR count). The molecule has 2 aromatic heterocycles. The third kappa shape index (κ3) is 4.57. The van der Waals surface area contributed by atoms with Crippen LogP contribution in [0.5, 0.6) is 0 Å². The number of anilines is 1. The fourth-order valence-electron chi connectivity index (χ4n) is 4.20. The molecule has 0 bridgehead atoms. The summed E-state index contributed by atoms with van der Waals surface area (Å²) in [6.07, 6.45) is 3.96. The van der Waals surface area contributed by atoms with Gasteiger partial charge in [0.1, 0.15) is 17.2 Å². The summed E-state index contributed by atoms with van der Waals surface area (Å²) < 4.78 is 1.56. The first-order valence-electron chi connectivity index (χ1n) is 10.9. The van der Waals surface area contributed by atoms with Gasteiger partial charge in [-0.2, -0.15) is 0 Å². The van der Waals surface area contributed by atoms with Crippen molar-refractivity contribution in [1.29, 1.82) is 0 Å². The molecule has 1 unspecified atom stereocenters. The van der Waals surface area contributed by atoms with Gasteiger partial charge in [-0.05, 0) is 69.0 Å². The minimum Gasteiger partial charge on any atom is -0.325 e. The summed E-state index contributed by atoms with van der Waals surface area (Å²) in [5, 5.41) is 3.64. The van der Waals surface area contributed by atoms with Gasteiger partial charge in [0.2, 0.25) is 5.91 Å². The summed E-state index contributed by atoms with van der Waals surface area (Å²) >= 11 is 1.65. The fraction of sp³-hybridized carbons (Fsp3) is 0.458. The van der Waals surface area contributed by atoms with Crippen molar-refractivity contribution in [3.8, 4) is 0 Å². The van der Waals surface area contributed by atoms with E-state index in [-0.39, 0.29) is 18.0 Å². The summed E-state index contributed by atoms with van der Waals surface area (Å²) in [6, 6.07) is 7.81. The number of fused-ring (bicyclic) bond motifs is 3. The zero-order valence-corrected chi connectivity index (χ0v) is 19.5. The molecule has 0 radical (unpaired) electrons. The van der Waals surface area contributed by atoms with Gasteiger partial charge < -0.3 is 10.2 Å². The summed E-state index contributed by atoms with van der Waals surface area (Å²) in [7, 11) is 3.88. The first-order chi connectivity index (χ1) is 14.9. The van der Waals surface area contributed by atoms with E-state index in [0.29, 0.717) is 18.3 Å². The van der Waals surface area contributed by atoms with E-state index >= 15 is 0 Å². The van der Waals surface area contributed by atoms with Crippen molar-refractivity contribution in [2.75, 3.05) is 19.4 Å². The van der Waals surface area contributed by atoms with Crippen molar-refractivity contribution in [2.45, 2.75) is 52.6 Å². The Kier molecular flexibility index (Phi) is 6.25. The molecule has 31 heavy (non-hydrogen) atoms. The van der Waals surface area contributed by atoms with E-state index in [1.165, 1.54) is 10.4 Å². The van der Waals surface area contributed by atoms with Crippen molar-refractivity contribution in [1.82, 2.24) is 14.5 Å². The monoisotopic (exact) mass is 438 g/mol. The number of carbonyl (C=O) groups is 1. The van der Waals surface area contributed by atoms with Crippen molar-refractivity contribution in [2.24, 2.45) is 5.92 Å². The second-order valence-electron chi connectivity index (χ2n) is 8.79. The van der Waals surface area contributed by atoms with Gasteiger partial charge in [-0.3, -0.25) is 14.2 Å². The van der Waals surface area contributed by atoms with Crippen LogP contribution in [0.4, 0.5) is 5.69 Å². The van der Waals surface area contributed by atoms with Crippen molar-refractivity contribution in [3.05, 3.63) is 56.4 Å². The van der Waals surface area contributed by atoms with Crippen LogP contribution in [-0.4, -0.2) is 34.5 Å². The van der Waals surface area contributed by atoms with Gasteiger partial charge in [0, 0.05) is 10.6 Å². The number of carbonyl (C=O) groups excluding carboxylic acids is 1. The number of amides is 1. The van der Waals surface area contributed by atoms with Crippen molar-refractivity contribution >= 4 is 33.1 Å². The molecule has 1 N–H and O–H groups in total. The van der Waals surface area contributed by atoms with Crippen LogP contribution < -0.4 is 10.9 Å². The van der Waals surface area contributed by atoms with E-state index in [1.807, 2.05) is 43.3 Å². The predicted molar refractivity (Wildman–Crippen MR) is 127 cm³/mol. The van der Waals surface area contributed by atoms with Crippen LogP contribution in [0, 0.1) is 5.92 Å². The van der Waals surface area contributed by atoms with Gasteiger partial charge >= 0.3 is 0 Å². The van der Waals surface area contributed by atoms with Crippen LogP contribution in [-0.2, 0) is 37.1 Å². The maximum atomic E-state index is 13.5. The number of aryl methyl sites for hydroxylation is 2. The smallest absolute Gasteiger partial charge is 0.263 e. The van der Waals surface area contributed by atoms with E-state index in [2.05, 4.69) is 19.2 Å². The molecule has 1 amide bonds. The Labute approximate surface area is 186 Å². The molecular weight excluding hydrogens is 408 g/mol. The van der Waals surface area contributed by atoms with Gasteiger partial charge in [0.25, 0.3) is 5.56 Å². The quantitative estimate of drug-likeness (QED) is 0.635. The molecule has 6 nitrogen and oxygen atoms in total. The average Bonchev–Trinajstić information content (AvgIpc) is 3.08. The maximum absolute atomic E-state index is 13.5. The van der Waals surface area contributed by atoms with Crippen molar-refractivity contribution < 1.29 is 4.79 Å². The van der Waals surface area contributed by atoms with Crippen LogP contribution in [0.2, 0.25) is 0 Å².